The van der Waals surface area contributed by atoms with Gasteiger partial charge in [0.25, 0.3) is 12.3 Å². The van der Waals surface area contributed by atoms with E-state index >= 15 is 0 Å². The quantitative estimate of drug-likeness (QED) is 0.333. The largest absolute Gasteiger partial charge is 0.444 e. The molecule has 0 atom stereocenters. The Kier molecular flexibility index (Phi) is 7.63. The van der Waals surface area contributed by atoms with Gasteiger partial charge in [0, 0.05) is 37.9 Å². The number of hydrogen-bond donors (Lipinski definition) is 1. The summed E-state index contributed by atoms with van der Waals surface area (Å²) in [6.07, 6.45) is 0.930. The van der Waals surface area contributed by atoms with Gasteiger partial charge in [-0.3, -0.25) is 9.59 Å². The second kappa shape index (κ2) is 11.2. The number of carbonyl (C=O) groups is 3. The normalized spacial score (nSPS) is 14.0. The first-order valence-electron chi connectivity index (χ1n) is 13.3. The zero-order valence-corrected chi connectivity index (χ0v) is 23.5. The molecule has 2 amide bonds. The summed E-state index contributed by atoms with van der Waals surface area (Å²) < 4.78 is 35.8. The summed E-state index contributed by atoms with van der Waals surface area (Å²) in [5, 5.41) is 10.7. The van der Waals surface area contributed by atoms with Crippen LogP contribution in [0.4, 0.5) is 25.1 Å². The topological polar surface area (TPSA) is 127 Å². The number of hydrogen-bond acceptors (Lipinski definition) is 8. The highest BCUT2D eigenvalue weighted by atomic mass is 19.3. The van der Waals surface area contributed by atoms with E-state index in [9.17, 15) is 23.2 Å². The summed E-state index contributed by atoms with van der Waals surface area (Å²) in [5.41, 5.74) is -0.120. The van der Waals surface area contributed by atoms with Crippen LogP contribution in [0, 0.1) is 0 Å². The van der Waals surface area contributed by atoms with Gasteiger partial charge in [0.05, 0.1) is 23.8 Å². The molecular formula is C28H30F2N8O4. The number of nitrogens with zero attached hydrogens (tertiary/aromatic N) is 7. The Labute approximate surface area is 239 Å². The number of piperazine rings is 1. The minimum absolute atomic E-state index is 0.0861. The summed E-state index contributed by atoms with van der Waals surface area (Å²) in [6.45, 7) is 8.75. The van der Waals surface area contributed by atoms with Crippen molar-refractivity contribution >= 4 is 34.9 Å². The Hall–Kier alpha value is -4.88. The second-order valence-corrected chi connectivity index (χ2v) is 10.8. The van der Waals surface area contributed by atoms with Gasteiger partial charge in [-0.1, -0.05) is 0 Å². The summed E-state index contributed by atoms with van der Waals surface area (Å²) in [5.74, 6) is -0.231. The fourth-order valence-corrected chi connectivity index (χ4v) is 4.46. The number of aromatic nitrogens is 5. The zero-order chi connectivity index (χ0) is 30.2. The van der Waals surface area contributed by atoms with Crippen molar-refractivity contribution in [1.29, 1.82) is 0 Å². The molecule has 1 aliphatic rings. The molecule has 0 bridgehead atoms. The first kappa shape index (κ1) is 28.6. The van der Waals surface area contributed by atoms with Crippen LogP contribution in [0.25, 0.3) is 11.3 Å². The van der Waals surface area contributed by atoms with Gasteiger partial charge in [-0.15, -0.1) is 0 Å². The average molecular weight is 581 g/mol. The molecule has 0 spiro atoms. The molecule has 12 nitrogen and oxygen atoms in total. The lowest BCUT2D eigenvalue weighted by molar-refractivity contribution is 0.0240. The molecule has 0 unspecified atom stereocenters. The highest BCUT2D eigenvalue weighted by molar-refractivity contribution is 6.08. The molecule has 0 saturated carbocycles. The van der Waals surface area contributed by atoms with Gasteiger partial charge in [0.1, 0.15) is 17.0 Å². The molecule has 0 radical (unpaired) electrons. The summed E-state index contributed by atoms with van der Waals surface area (Å²) >= 11 is 0. The first-order chi connectivity index (χ1) is 19.9. The molecule has 4 heterocycles. The smallest absolute Gasteiger partial charge is 0.410 e. The molecule has 1 fully saturated rings. The summed E-state index contributed by atoms with van der Waals surface area (Å²) in [4.78, 5) is 45.4. The number of rotatable bonds is 6. The van der Waals surface area contributed by atoms with Crippen LogP contribution in [0.3, 0.4) is 0 Å². The molecular weight excluding hydrogens is 550 g/mol. The van der Waals surface area contributed by atoms with Crippen LogP contribution in [0.5, 0.6) is 0 Å². The molecule has 4 aromatic rings. The standard InChI is InChI=1S/C28H30F2N8O4/c1-17(39)18-5-7-19(8-6-18)38-16-21(23(34-38)24(29)30)32-26(40)20-15-31-37-10-9-22(33-25(20)37)35-11-13-36(14-12-35)27(41)42-28(2,3)4/h5-10,15-16,24H,11-14H2,1-4H3,(H,32,40). The van der Waals surface area contributed by atoms with E-state index in [1.165, 1.54) is 28.5 Å². The van der Waals surface area contributed by atoms with Crippen LogP contribution in [0.1, 0.15) is 60.5 Å². The second-order valence-electron chi connectivity index (χ2n) is 10.8. The lowest BCUT2D eigenvalue weighted by Gasteiger charge is -2.36. The number of amides is 2. The third kappa shape index (κ3) is 6.06. The van der Waals surface area contributed by atoms with E-state index in [2.05, 4.69) is 20.5 Å². The Bertz CT molecular complexity index is 1630. The van der Waals surface area contributed by atoms with Crippen molar-refractivity contribution in [3.8, 4) is 5.69 Å². The number of alkyl halides is 2. The maximum atomic E-state index is 13.9. The van der Waals surface area contributed by atoms with Gasteiger partial charge in [-0.25, -0.2) is 27.8 Å². The summed E-state index contributed by atoms with van der Waals surface area (Å²) in [6, 6.07) is 8.04. The van der Waals surface area contributed by atoms with Gasteiger partial charge in [-0.2, -0.15) is 10.2 Å². The molecule has 1 saturated heterocycles. The number of Topliss-reactive ketones (excluding diaryl/α,β-unsaturated/α-hetero) is 1. The highest BCUT2D eigenvalue weighted by Gasteiger charge is 2.27. The van der Waals surface area contributed by atoms with Crippen molar-refractivity contribution in [3.05, 3.63) is 65.7 Å². The fourth-order valence-electron chi connectivity index (χ4n) is 4.46. The maximum Gasteiger partial charge on any atom is 0.410 e. The molecule has 0 aliphatic carbocycles. The zero-order valence-electron chi connectivity index (χ0n) is 23.5. The van der Waals surface area contributed by atoms with Crippen LogP contribution in [0.2, 0.25) is 0 Å². The third-order valence-corrected chi connectivity index (χ3v) is 6.59. The van der Waals surface area contributed by atoms with Gasteiger partial charge in [0.15, 0.2) is 17.1 Å². The molecule has 1 aliphatic heterocycles. The van der Waals surface area contributed by atoms with Crippen LogP contribution < -0.4 is 10.2 Å². The van der Waals surface area contributed by atoms with Crippen molar-refractivity contribution < 1.29 is 27.9 Å². The lowest BCUT2D eigenvalue weighted by atomic mass is 10.1. The number of ketones is 1. The summed E-state index contributed by atoms with van der Waals surface area (Å²) in [7, 11) is 0. The molecule has 42 heavy (non-hydrogen) atoms. The lowest BCUT2D eigenvalue weighted by Crippen LogP contribution is -2.50. The molecule has 14 heteroatoms. The number of anilines is 2. The van der Waals surface area contributed by atoms with E-state index in [-0.39, 0.29) is 28.8 Å². The number of fused-ring (bicyclic) bond motifs is 1. The van der Waals surface area contributed by atoms with Crippen LogP contribution in [0.15, 0.2) is 48.9 Å². The van der Waals surface area contributed by atoms with Gasteiger partial charge in [-0.05, 0) is 58.0 Å². The van der Waals surface area contributed by atoms with Crippen molar-refractivity contribution in [2.24, 2.45) is 0 Å². The van der Waals surface area contributed by atoms with E-state index in [1.807, 2.05) is 25.7 Å². The highest BCUT2D eigenvalue weighted by Crippen LogP contribution is 2.28. The minimum Gasteiger partial charge on any atom is -0.444 e. The van der Waals surface area contributed by atoms with Gasteiger partial charge >= 0.3 is 6.09 Å². The van der Waals surface area contributed by atoms with Crippen LogP contribution >= 0.6 is 0 Å². The first-order valence-corrected chi connectivity index (χ1v) is 13.3. The Morgan fingerprint density at radius 1 is 1.02 bits per heavy atom. The van der Waals surface area contributed by atoms with Crippen molar-refractivity contribution in [2.75, 3.05) is 36.4 Å². The molecule has 1 N–H and O–H groups in total. The van der Waals surface area contributed by atoms with Crippen LogP contribution in [-0.2, 0) is 4.74 Å². The van der Waals surface area contributed by atoms with E-state index < -0.39 is 23.6 Å². The predicted molar refractivity (Wildman–Crippen MR) is 149 cm³/mol. The number of nitrogens with one attached hydrogen (secondary N) is 1. The van der Waals surface area contributed by atoms with E-state index in [4.69, 9.17) is 4.74 Å². The van der Waals surface area contributed by atoms with Gasteiger partial charge < -0.3 is 19.9 Å². The van der Waals surface area contributed by atoms with Crippen LogP contribution in [-0.4, -0.2) is 78.8 Å². The van der Waals surface area contributed by atoms with Crippen molar-refractivity contribution in [1.82, 2.24) is 29.3 Å². The molecule has 220 valence electrons. The SMILES string of the molecule is CC(=O)c1ccc(-n2cc(NC(=O)c3cnn4ccc(N5CCN(C(=O)OC(C)(C)C)CC5)nc34)c(C(F)F)n2)cc1. The number of benzene rings is 1. The molecule has 5 rings (SSSR count). The monoisotopic (exact) mass is 580 g/mol. The van der Waals surface area contributed by atoms with Crippen molar-refractivity contribution in [3.63, 3.8) is 0 Å². The number of ether oxygens (including phenoxy) is 1. The van der Waals surface area contributed by atoms with Gasteiger partial charge in [0.2, 0.25) is 0 Å². The van der Waals surface area contributed by atoms with E-state index in [0.717, 1.165) is 0 Å². The minimum atomic E-state index is -2.95. The maximum absolute atomic E-state index is 13.9. The Balaban J connectivity index is 1.33. The van der Waals surface area contributed by atoms with Crippen molar-refractivity contribution in [2.45, 2.75) is 39.7 Å². The Morgan fingerprint density at radius 2 is 1.71 bits per heavy atom. The molecule has 1 aromatic carbocycles. The number of halogens is 2. The predicted octanol–water partition coefficient (Wildman–Crippen LogP) is 4.36. The fraction of sp³-hybridized carbons (Fsp3) is 0.357. The molecule has 3 aromatic heterocycles. The Morgan fingerprint density at radius 3 is 2.33 bits per heavy atom. The number of carbonyl (C=O) groups excluding carboxylic acids is 3. The third-order valence-electron chi connectivity index (χ3n) is 6.59. The van der Waals surface area contributed by atoms with E-state index in [0.29, 0.717) is 43.2 Å². The van der Waals surface area contributed by atoms with E-state index in [1.54, 1.807) is 41.4 Å². The average Bonchev–Trinajstić information content (AvgIpc) is 3.56.